The first-order valence-electron chi connectivity index (χ1n) is 8.55. The number of hydrogen-bond acceptors (Lipinski definition) is 5. The summed E-state index contributed by atoms with van der Waals surface area (Å²) < 4.78 is 1.85. The average molecular weight is 353 g/mol. The first-order chi connectivity index (χ1) is 12.6. The fourth-order valence-corrected chi connectivity index (χ4v) is 3.29. The molecular weight excluding hydrogens is 334 g/mol. The molecule has 0 saturated heterocycles. The number of aromatic nitrogens is 4. The average Bonchev–Trinajstić information content (AvgIpc) is 2.99. The number of imidazole rings is 1. The highest BCUT2D eigenvalue weighted by Gasteiger charge is 2.31. The van der Waals surface area contributed by atoms with Gasteiger partial charge in [-0.25, -0.2) is 4.98 Å². The Morgan fingerprint density at radius 3 is 2.81 bits per heavy atom. The smallest absolute Gasteiger partial charge is 0.280 e. The molecule has 2 aromatic heterocycles. The van der Waals surface area contributed by atoms with Crippen LogP contribution in [0, 0.1) is 5.92 Å². The van der Waals surface area contributed by atoms with E-state index >= 15 is 0 Å². The van der Waals surface area contributed by atoms with Crippen molar-refractivity contribution in [3.63, 3.8) is 0 Å². The van der Waals surface area contributed by atoms with Crippen LogP contribution in [-0.2, 0) is 11.2 Å². The van der Waals surface area contributed by atoms with Crippen LogP contribution in [0.3, 0.4) is 0 Å². The number of benzene rings is 1. The Bertz CT molecular complexity index is 989. The summed E-state index contributed by atoms with van der Waals surface area (Å²) in [6.45, 7) is 0.165. The van der Waals surface area contributed by atoms with Crippen molar-refractivity contribution in [3.8, 4) is 0 Å². The zero-order valence-corrected chi connectivity index (χ0v) is 14.1. The predicted molar refractivity (Wildman–Crippen MR) is 95.8 cm³/mol. The van der Waals surface area contributed by atoms with Crippen molar-refractivity contribution in [1.29, 1.82) is 0 Å². The van der Waals surface area contributed by atoms with E-state index in [2.05, 4.69) is 20.3 Å². The Morgan fingerprint density at radius 1 is 1.31 bits per heavy atom. The maximum atomic E-state index is 12.2. The van der Waals surface area contributed by atoms with Crippen LogP contribution in [0.1, 0.15) is 24.4 Å². The highest BCUT2D eigenvalue weighted by atomic mass is 16.3. The van der Waals surface area contributed by atoms with E-state index in [1.54, 1.807) is 6.33 Å². The Hall–Kier alpha value is -3.00. The molecule has 3 N–H and O–H groups in total. The van der Waals surface area contributed by atoms with Crippen molar-refractivity contribution < 1.29 is 9.90 Å². The monoisotopic (exact) mass is 353 g/mol. The lowest BCUT2D eigenvalue weighted by Crippen LogP contribution is -2.29. The van der Waals surface area contributed by atoms with E-state index in [0.717, 1.165) is 18.4 Å². The van der Waals surface area contributed by atoms with E-state index in [1.165, 1.54) is 0 Å². The van der Waals surface area contributed by atoms with Crippen LogP contribution in [0.2, 0.25) is 0 Å². The van der Waals surface area contributed by atoms with Gasteiger partial charge in [0.1, 0.15) is 0 Å². The van der Waals surface area contributed by atoms with Crippen molar-refractivity contribution in [2.75, 3.05) is 11.9 Å². The quantitative estimate of drug-likeness (QED) is 0.639. The first-order valence-corrected chi connectivity index (χ1v) is 8.55. The lowest BCUT2D eigenvalue weighted by atomic mass is 9.81. The van der Waals surface area contributed by atoms with Crippen molar-refractivity contribution in [3.05, 3.63) is 52.6 Å². The molecule has 0 atom stereocenters. The third-order valence-electron chi connectivity index (χ3n) is 4.76. The van der Waals surface area contributed by atoms with Gasteiger partial charge in [0.15, 0.2) is 11.2 Å². The maximum Gasteiger partial charge on any atom is 0.280 e. The molecule has 3 aromatic rings. The zero-order chi connectivity index (χ0) is 18.1. The number of fused-ring (bicyclic) bond motifs is 1. The lowest BCUT2D eigenvalue weighted by Gasteiger charge is -2.34. The second-order valence-electron chi connectivity index (χ2n) is 6.62. The minimum atomic E-state index is -0.387. The maximum absolute atomic E-state index is 12.2. The molecule has 0 radical (unpaired) electrons. The van der Waals surface area contributed by atoms with Crippen LogP contribution < -0.4 is 10.9 Å². The van der Waals surface area contributed by atoms with Crippen LogP contribution in [0.25, 0.3) is 11.2 Å². The second-order valence-corrected chi connectivity index (χ2v) is 6.62. The molecule has 1 aliphatic rings. The van der Waals surface area contributed by atoms with Gasteiger partial charge in [0.05, 0.1) is 12.7 Å². The number of amides is 1. The number of anilines is 1. The minimum absolute atomic E-state index is 0.114. The summed E-state index contributed by atoms with van der Waals surface area (Å²) in [5.74, 6) is 0.140. The Balaban J connectivity index is 1.56. The number of carbonyl (C=O) groups excluding carboxylic acids is 1. The van der Waals surface area contributed by atoms with Gasteiger partial charge in [-0.05, 0) is 24.3 Å². The van der Waals surface area contributed by atoms with Crippen molar-refractivity contribution in [1.82, 2.24) is 19.5 Å². The summed E-state index contributed by atoms with van der Waals surface area (Å²) >= 11 is 0. The van der Waals surface area contributed by atoms with Crippen LogP contribution in [0.15, 0.2) is 41.5 Å². The molecule has 134 valence electrons. The van der Waals surface area contributed by atoms with Gasteiger partial charge in [-0.3, -0.25) is 19.9 Å². The number of hydrogen-bond donors (Lipinski definition) is 3. The number of nitrogens with zero attached hydrogens (tertiary/aromatic N) is 3. The number of nitrogens with one attached hydrogen (secondary N) is 2. The SMILES string of the molecule is O=C(Cc1ccccc1)Nc1nc2c(ncn2C2CC(CO)C2)c(=O)[nH]1. The third-order valence-corrected chi connectivity index (χ3v) is 4.76. The molecule has 1 aliphatic carbocycles. The van der Waals surface area contributed by atoms with Crippen molar-refractivity contribution in [2.24, 2.45) is 5.92 Å². The van der Waals surface area contributed by atoms with Gasteiger partial charge in [-0.1, -0.05) is 30.3 Å². The highest BCUT2D eigenvalue weighted by Crippen LogP contribution is 2.38. The summed E-state index contributed by atoms with van der Waals surface area (Å²) in [5, 5.41) is 11.8. The van der Waals surface area contributed by atoms with E-state index in [0.29, 0.717) is 5.65 Å². The molecule has 4 rings (SSSR count). The molecule has 1 fully saturated rings. The second kappa shape index (κ2) is 6.72. The summed E-state index contributed by atoms with van der Waals surface area (Å²) in [6, 6.07) is 9.51. The van der Waals surface area contributed by atoms with Gasteiger partial charge in [0.25, 0.3) is 5.56 Å². The Morgan fingerprint density at radius 2 is 2.08 bits per heavy atom. The van der Waals surface area contributed by atoms with Gasteiger partial charge < -0.3 is 9.67 Å². The normalized spacial score (nSPS) is 19.3. The predicted octanol–water partition coefficient (Wildman–Crippen LogP) is 1.24. The summed E-state index contributed by atoms with van der Waals surface area (Å²) in [5.41, 5.74) is 1.19. The van der Waals surface area contributed by atoms with Crippen molar-refractivity contribution >= 4 is 23.0 Å². The van der Waals surface area contributed by atoms with Crippen LogP contribution in [-0.4, -0.2) is 37.1 Å². The van der Waals surface area contributed by atoms with E-state index in [9.17, 15) is 14.7 Å². The first kappa shape index (κ1) is 16.5. The van der Waals surface area contributed by atoms with Gasteiger partial charge in [0.2, 0.25) is 11.9 Å². The fraction of sp³-hybridized carbons (Fsp3) is 0.333. The van der Waals surface area contributed by atoms with Gasteiger partial charge in [0, 0.05) is 12.6 Å². The largest absolute Gasteiger partial charge is 0.396 e. The topological polar surface area (TPSA) is 113 Å². The highest BCUT2D eigenvalue weighted by molar-refractivity contribution is 5.91. The number of carbonyl (C=O) groups is 1. The van der Waals surface area contributed by atoms with E-state index < -0.39 is 0 Å². The summed E-state index contributed by atoms with van der Waals surface area (Å²) in [7, 11) is 0. The number of aromatic amines is 1. The number of aliphatic hydroxyl groups excluding tert-OH is 1. The van der Waals surface area contributed by atoms with Crippen LogP contribution in [0.4, 0.5) is 5.95 Å². The molecular formula is C18H19N5O3. The van der Waals surface area contributed by atoms with E-state index in [4.69, 9.17) is 0 Å². The number of H-pyrrole nitrogens is 1. The van der Waals surface area contributed by atoms with E-state index in [-0.39, 0.29) is 47.9 Å². The lowest BCUT2D eigenvalue weighted by molar-refractivity contribution is -0.115. The molecule has 1 saturated carbocycles. The van der Waals surface area contributed by atoms with Crippen LogP contribution >= 0.6 is 0 Å². The fourth-order valence-electron chi connectivity index (χ4n) is 3.29. The van der Waals surface area contributed by atoms with Gasteiger partial charge in [-0.2, -0.15) is 4.98 Å². The Kier molecular flexibility index (Phi) is 4.26. The minimum Gasteiger partial charge on any atom is -0.396 e. The van der Waals surface area contributed by atoms with E-state index in [1.807, 2.05) is 34.9 Å². The molecule has 0 spiro atoms. The molecule has 0 aliphatic heterocycles. The third kappa shape index (κ3) is 3.11. The molecule has 2 heterocycles. The van der Waals surface area contributed by atoms with Gasteiger partial charge >= 0.3 is 0 Å². The number of rotatable bonds is 5. The molecule has 1 aromatic carbocycles. The molecule has 8 heteroatoms. The zero-order valence-electron chi connectivity index (χ0n) is 14.1. The summed E-state index contributed by atoms with van der Waals surface area (Å²) in [6.07, 6.45) is 3.45. The van der Waals surface area contributed by atoms with Crippen molar-refractivity contribution in [2.45, 2.75) is 25.3 Å². The molecule has 1 amide bonds. The molecule has 8 nitrogen and oxygen atoms in total. The summed E-state index contributed by atoms with van der Waals surface area (Å²) in [4.78, 5) is 35.5. The van der Waals surface area contributed by atoms with Gasteiger partial charge in [-0.15, -0.1) is 0 Å². The number of aliphatic hydroxyl groups is 1. The van der Waals surface area contributed by atoms with Crippen LogP contribution in [0.5, 0.6) is 0 Å². The molecule has 0 unspecified atom stereocenters. The Labute approximate surface area is 148 Å². The molecule has 0 bridgehead atoms. The standard InChI is InChI=1S/C18H19N5O3/c24-9-12-6-13(7-12)23-10-19-15-16(23)21-18(22-17(15)26)20-14(25)8-11-4-2-1-3-5-11/h1-5,10,12-13,24H,6-9H2,(H2,20,21,22,25,26). The molecule has 26 heavy (non-hydrogen) atoms.